The molecule has 0 spiro atoms. The van der Waals surface area contributed by atoms with E-state index in [0.29, 0.717) is 12.8 Å². The van der Waals surface area contributed by atoms with Gasteiger partial charge in [-0.3, -0.25) is 14.4 Å². The molecule has 0 saturated heterocycles. The number of carbonyl (C=O) groups is 3. The number of esters is 3. The lowest BCUT2D eigenvalue weighted by atomic mass is 10.0. The Morgan fingerprint density at radius 2 is 0.839 bits per heavy atom. The highest BCUT2D eigenvalue weighted by Gasteiger charge is 2.19. The molecule has 0 amide bonds. The summed E-state index contributed by atoms with van der Waals surface area (Å²) in [6.45, 7) is 6.24. The quantitative estimate of drug-likeness (QED) is 0.0203. The Hall–Kier alpha value is -3.41. The molecule has 318 valence electrons. The lowest BCUT2D eigenvalue weighted by Gasteiger charge is -2.18. The normalized spacial score (nSPS) is 12.8. The maximum Gasteiger partial charge on any atom is 0.309 e. The van der Waals surface area contributed by atoms with Crippen LogP contribution in [0.2, 0.25) is 0 Å². The number of unbranched alkanes of at least 4 members (excludes halogenated alkanes) is 18. The van der Waals surface area contributed by atoms with Crippen molar-refractivity contribution in [2.24, 2.45) is 0 Å². The molecule has 0 bridgehead atoms. The van der Waals surface area contributed by atoms with Crippen LogP contribution in [0.3, 0.4) is 0 Å². The highest BCUT2D eigenvalue weighted by molar-refractivity contribution is 5.72. The molecule has 6 heteroatoms. The van der Waals surface area contributed by atoms with Gasteiger partial charge in [-0.25, -0.2) is 0 Å². The van der Waals surface area contributed by atoms with Crippen molar-refractivity contribution in [3.63, 3.8) is 0 Å². The summed E-state index contributed by atoms with van der Waals surface area (Å²) in [7, 11) is 0. The van der Waals surface area contributed by atoms with Crippen molar-refractivity contribution in [1.82, 2.24) is 0 Å². The highest BCUT2D eigenvalue weighted by atomic mass is 16.6. The Labute approximate surface area is 344 Å². The fourth-order valence-electron chi connectivity index (χ4n) is 5.92. The molecule has 0 aromatic heterocycles. The van der Waals surface area contributed by atoms with Crippen molar-refractivity contribution in [3.05, 3.63) is 85.1 Å². The summed E-state index contributed by atoms with van der Waals surface area (Å²) in [5.74, 6) is -1.07. The lowest BCUT2D eigenvalue weighted by molar-refractivity contribution is -0.166. The second-order valence-electron chi connectivity index (χ2n) is 14.7. The van der Waals surface area contributed by atoms with Gasteiger partial charge in [0.2, 0.25) is 0 Å². The molecule has 0 aliphatic carbocycles. The average Bonchev–Trinajstić information content (AvgIpc) is 3.19. The molecule has 0 aliphatic rings. The Morgan fingerprint density at radius 3 is 1.39 bits per heavy atom. The smallest absolute Gasteiger partial charge is 0.309 e. The molecule has 56 heavy (non-hydrogen) atoms. The van der Waals surface area contributed by atoms with E-state index in [4.69, 9.17) is 14.2 Å². The van der Waals surface area contributed by atoms with Crippen molar-refractivity contribution >= 4 is 17.9 Å². The van der Waals surface area contributed by atoms with Gasteiger partial charge in [0, 0.05) is 12.8 Å². The van der Waals surface area contributed by atoms with E-state index in [1.165, 1.54) is 70.6 Å². The SMILES string of the molecule is CC\C=C/C=C\C=C/C=C\CCCCCCCC(=O)OCC(COC(=O)C/C=C\C/C=C\C/C=C\CC)OC(=O)CCCCCCCCCCCCCCCC. The second kappa shape index (κ2) is 44.3. The van der Waals surface area contributed by atoms with Gasteiger partial charge in [-0.05, 0) is 51.4 Å². The van der Waals surface area contributed by atoms with Crippen molar-refractivity contribution in [2.75, 3.05) is 13.2 Å². The molecule has 0 fully saturated rings. The van der Waals surface area contributed by atoms with E-state index in [-0.39, 0.29) is 31.6 Å². The van der Waals surface area contributed by atoms with Gasteiger partial charge in [0.15, 0.2) is 6.10 Å². The average molecular weight is 779 g/mol. The Morgan fingerprint density at radius 1 is 0.411 bits per heavy atom. The Bertz CT molecular complexity index is 1120. The molecule has 1 atom stereocenters. The van der Waals surface area contributed by atoms with Crippen molar-refractivity contribution < 1.29 is 28.6 Å². The zero-order valence-corrected chi connectivity index (χ0v) is 36.1. The number of hydrogen-bond acceptors (Lipinski definition) is 6. The number of allylic oxidation sites excluding steroid dienone is 13. The van der Waals surface area contributed by atoms with E-state index in [1.807, 2.05) is 30.4 Å². The van der Waals surface area contributed by atoms with Crippen LogP contribution in [-0.4, -0.2) is 37.2 Å². The van der Waals surface area contributed by atoms with Crippen LogP contribution in [-0.2, 0) is 28.6 Å². The second-order valence-corrected chi connectivity index (χ2v) is 14.7. The summed E-state index contributed by atoms with van der Waals surface area (Å²) in [6.07, 6.45) is 56.0. The number of hydrogen-bond donors (Lipinski definition) is 0. The van der Waals surface area contributed by atoms with E-state index < -0.39 is 12.1 Å². The van der Waals surface area contributed by atoms with Crippen LogP contribution in [0.4, 0.5) is 0 Å². The van der Waals surface area contributed by atoms with Gasteiger partial charge in [-0.2, -0.15) is 0 Å². The zero-order valence-electron chi connectivity index (χ0n) is 36.1. The van der Waals surface area contributed by atoms with Gasteiger partial charge in [-0.1, -0.05) is 209 Å². The first-order valence-electron chi connectivity index (χ1n) is 22.6. The molecule has 1 unspecified atom stereocenters. The largest absolute Gasteiger partial charge is 0.462 e. The molecule has 0 saturated carbocycles. The maximum atomic E-state index is 12.7. The molecule has 0 heterocycles. The standard InChI is InChI=1S/C50H82O6/c1-4-7-10-13-16-19-21-23-25-27-28-31-34-37-40-43-49(52)55-46-47(45-54-48(51)42-39-36-33-30-18-15-12-9-6-3)56-50(53)44-41-38-35-32-29-26-24-22-20-17-14-11-8-5-2/h7,9-10,12-13,16,18-19,21,23,25,30,36,39,47H,4-6,8,11,14-15,17,20,22,24,26-29,31-35,37-38,40-46H2,1-3H3/b10-7-,12-9-,16-13-,21-19-,25-23-,30-18-,39-36-. The van der Waals surface area contributed by atoms with Crippen LogP contribution in [0.25, 0.3) is 0 Å². The third-order valence-electron chi connectivity index (χ3n) is 9.27. The van der Waals surface area contributed by atoms with E-state index in [0.717, 1.165) is 83.5 Å². The van der Waals surface area contributed by atoms with E-state index >= 15 is 0 Å². The summed E-state index contributed by atoms with van der Waals surface area (Å²) in [6, 6.07) is 0. The van der Waals surface area contributed by atoms with Gasteiger partial charge in [0.25, 0.3) is 0 Å². The van der Waals surface area contributed by atoms with Gasteiger partial charge >= 0.3 is 17.9 Å². The van der Waals surface area contributed by atoms with Crippen LogP contribution in [0.1, 0.15) is 194 Å². The van der Waals surface area contributed by atoms with Crippen LogP contribution in [0, 0.1) is 0 Å². The fraction of sp³-hybridized carbons (Fsp3) is 0.660. The minimum atomic E-state index is -0.818. The maximum absolute atomic E-state index is 12.7. The summed E-state index contributed by atoms with van der Waals surface area (Å²) in [4.78, 5) is 37.6. The molecular formula is C50H82O6. The van der Waals surface area contributed by atoms with Crippen LogP contribution >= 0.6 is 0 Å². The van der Waals surface area contributed by atoms with Gasteiger partial charge in [0.1, 0.15) is 13.2 Å². The number of rotatable bonds is 39. The Kier molecular flexibility index (Phi) is 41.6. The monoisotopic (exact) mass is 779 g/mol. The molecule has 0 rings (SSSR count). The summed E-state index contributed by atoms with van der Waals surface area (Å²) >= 11 is 0. The number of ether oxygens (including phenoxy) is 3. The van der Waals surface area contributed by atoms with E-state index in [1.54, 1.807) is 6.08 Å². The minimum Gasteiger partial charge on any atom is -0.462 e. The van der Waals surface area contributed by atoms with Crippen molar-refractivity contribution in [1.29, 1.82) is 0 Å². The summed E-state index contributed by atoms with van der Waals surface area (Å²) < 4.78 is 16.6. The zero-order chi connectivity index (χ0) is 40.8. The van der Waals surface area contributed by atoms with Gasteiger partial charge < -0.3 is 14.2 Å². The summed E-state index contributed by atoms with van der Waals surface area (Å²) in [5.41, 5.74) is 0. The summed E-state index contributed by atoms with van der Waals surface area (Å²) in [5, 5.41) is 0. The van der Waals surface area contributed by atoms with Crippen LogP contribution in [0.15, 0.2) is 85.1 Å². The van der Waals surface area contributed by atoms with Crippen molar-refractivity contribution in [2.45, 2.75) is 200 Å². The van der Waals surface area contributed by atoms with Crippen LogP contribution < -0.4 is 0 Å². The third-order valence-corrected chi connectivity index (χ3v) is 9.27. The molecule has 0 aromatic carbocycles. The topological polar surface area (TPSA) is 78.9 Å². The predicted octanol–water partition coefficient (Wildman–Crippen LogP) is 14.5. The molecule has 6 nitrogen and oxygen atoms in total. The van der Waals surface area contributed by atoms with E-state index in [2.05, 4.69) is 69.4 Å². The predicted molar refractivity (Wildman–Crippen MR) is 237 cm³/mol. The van der Waals surface area contributed by atoms with Crippen molar-refractivity contribution in [3.8, 4) is 0 Å². The lowest BCUT2D eigenvalue weighted by Crippen LogP contribution is -2.30. The fourth-order valence-corrected chi connectivity index (χ4v) is 5.92. The first-order chi connectivity index (χ1) is 27.5. The third kappa shape index (κ3) is 41.7. The van der Waals surface area contributed by atoms with Gasteiger partial charge in [0.05, 0.1) is 6.42 Å². The molecule has 0 aromatic rings. The molecule has 0 radical (unpaired) electrons. The molecule has 0 N–H and O–H groups in total. The minimum absolute atomic E-state index is 0.115. The van der Waals surface area contributed by atoms with Gasteiger partial charge in [-0.15, -0.1) is 0 Å². The molecule has 0 aliphatic heterocycles. The number of carbonyl (C=O) groups excluding carboxylic acids is 3. The Balaban J connectivity index is 4.46. The molecular weight excluding hydrogens is 697 g/mol. The highest BCUT2D eigenvalue weighted by Crippen LogP contribution is 2.14. The first-order valence-corrected chi connectivity index (χ1v) is 22.6. The first kappa shape index (κ1) is 52.6. The van der Waals surface area contributed by atoms with Crippen LogP contribution in [0.5, 0.6) is 0 Å². The van der Waals surface area contributed by atoms with E-state index in [9.17, 15) is 14.4 Å².